The van der Waals surface area contributed by atoms with E-state index >= 15 is 0 Å². The van der Waals surface area contributed by atoms with Crippen molar-refractivity contribution in [3.05, 3.63) is 35.4 Å². The minimum absolute atomic E-state index is 0.330. The minimum atomic E-state index is 0.330. The molecule has 0 aromatic heterocycles. The van der Waals surface area contributed by atoms with E-state index in [0.29, 0.717) is 22.9 Å². The second-order valence-electron chi connectivity index (χ2n) is 8.52. The van der Waals surface area contributed by atoms with Crippen LogP contribution in [0.4, 0.5) is 0 Å². The van der Waals surface area contributed by atoms with Gasteiger partial charge in [0.15, 0.2) is 0 Å². The van der Waals surface area contributed by atoms with Gasteiger partial charge in [0.05, 0.1) is 0 Å². The highest BCUT2D eigenvalue weighted by Crippen LogP contribution is 2.43. The summed E-state index contributed by atoms with van der Waals surface area (Å²) < 4.78 is 0. The van der Waals surface area contributed by atoms with Crippen molar-refractivity contribution in [1.29, 1.82) is 0 Å². The first kappa shape index (κ1) is 15.1. The van der Waals surface area contributed by atoms with E-state index in [1.165, 1.54) is 38.5 Å². The summed E-state index contributed by atoms with van der Waals surface area (Å²) in [4.78, 5) is 0. The molecule has 1 saturated carbocycles. The Kier molecular flexibility index (Phi) is 3.90. The molecule has 0 aliphatic heterocycles. The van der Waals surface area contributed by atoms with E-state index in [0.717, 1.165) is 0 Å². The molecule has 1 fully saturated rings. The van der Waals surface area contributed by atoms with E-state index in [4.69, 9.17) is 0 Å². The molecule has 2 aliphatic rings. The van der Waals surface area contributed by atoms with Gasteiger partial charge in [-0.05, 0) is 47.6 Å². The number of benzene rings is 1. The minimum Gasteiger partial charge on any atom is -0.307 e. The van der Waals surface area contributed by atoms with Crippen LogP contribution in [0.3, 0.4) is 0 Å². The molecule has 3 rings (SSSR count). The summed E-state index contributed by atoms with van der Waals surface area (Å²) in [5.74, 6) is 0. The van der Waals surface area contributed by atoms with Gasteiger partial charge in [0.1, 0.15) is 0 Å². The summed E-state index contributed by atoms with van der Waals surface area (Å²) in [7, 11) is 0. The second kappa shape index (κ2) is 5.43. The summed E-state index contributed by atoms with van der Waals surface area (Å²) in [6, 6.07) is 10.3. The Morgan fingerprint density at radius 2 is 1.71 bits per heavy atom. The Labute approximate surface area is 130 Å². The van der Waals surface area contributed by atoms with Gasteiger partial charge in [0.2, 0.25) is 0 Å². The van der Waals surface area contributed by atoms with Crippen LogP contribution in [0.1, 0.15) is 83.4 Å². The SMILES string of the molecule is CC1(C)CCC(NC2CCCCC2(C)C)c2ccccc21. The Hall–Kier alpha value is -0.820. The van der Waals surface area contributed by atoms with Crippen molar-refractivity contribution < 1.29 is 0 Å². The maximum atomic E-state index is 4.04. The predicted molar refractivity (Wildman–Crippen MR) is 90.6 cm³/mol. The maximum absolute atomic E-state index is 4.04. The van der Waals surface area contributed by atoms with Crippen LogP contribution in [0.5, 0.6) is 0 Å². The first-order valence-electron chi connectivity index (χ1n) is 8.76. The van der Waals surface area contributed by atoms with Crippen molar-refractivity contribution in [2.75, 3.05) is 0 Å². The molecule has 1 nitrogen and oxygen atoms in total. The molecule has 2 aliphatic carbocycles. The van der Waals surface area contributed by atoms with Crippen LogP contribution in [0.15, 0.2) is 24.3 Å². The lowest BCUT2D eigenvalue weighted by molar-refractivity contribution is 0.148. The largest absolute Gasteiger partial charge is 0.307 e. The molecule has 2 atom stereocenters. The molecule has 1 aromatic carbocycles. The number of nitrogens with one attached hydrogen (secondary N) is 1. The first-order chi connectivity index (χ1) is 9.90. The van der Waals surface area contributed by atoms with Crippen molar-refractivity contribution in [2.24, 2.45) is 5.41 Å². The van der Waals surface area contributed by atoms with Crippen LogP contribution < -0.4 is 5.32 Å². The van der Waals surface area contributed by atoms with Gasteiger partial charge in [0.25, 0.3) is 0 Å². The fourth-order valence-corrected chi connectivity index (χ4v) is 4.43. The monoisotopic (exact) mass is 285 g/mol. The predicted octanol–water partition coefficient (Wildman–Crippen LogP) is 5.36. The van der Waals surface area contributed by atoms with Gasteiger partial charge in [-0.2, -0.15) is 0 Å². The highest BCUT2D eigenvalue weighted by molar-refractivity contribution is 5.38. The van der Waals surface area contributed by atoms with E-state index in [9.17, 15) is 0 Å². The molecular weight excluding hydrogens is 254 g/mol. The average Bonchev–Trinajstić information content (AvgIpc) is 2.44. The summed E-state index contributed by atoms with van der Waals surface area (Å²) in [6.07, 6.45) is 8.06. The molecule has 0 bridgehead atoms. The van der Waals surface area contributed by atoms with Crippen molar-refractivity contribution in [3.63, 3.8) is 0 Å². The summed E-state index contributed by atoms with van der Waals surface area (Å²) in [5, 5.41) is 4.04. The summed E-state index contributed by atoms with van der Waals surface area (Å²) >= 11 is 0. The third kappa shape index (κ3) is 2.90. The van der Waals surface area contributed by atoms with Crippen LogP contribution in [-0.2, 0) is 5.41 Å². The zero-order chi connectivity index (χ0) is 15.1. The lowest BCUT2D eigenvalue weighted by Crippen LogP contribution is -2.47. The van der Waals surface area contributed by atoms with E-state index in [-0.39, 0.29) is 0 Å². The van der Waals surface area contributed by atoms with Crippen molar-refractivity contribution >= 4 is 0 Å². The third-order valence-corrected chi connectivity index (χ3v) is 6.03. The van der Waals surface area contributed by atoms with Crippen molar-refractivity contribution in [1.82, 2.24) is 5.32 Å². The number of rotatable bonds is 2. The summed E-state index contributed by atoms with van der Waals surface area (Å²) in [5.41, 5.74) is 3.88. The lowest BCUT2D eigenvalue weighted by Gasteiger charge is -2.44. The third-order valence-electron chi connectivity index (χ3n) is 6.03. The van der Waals surface area contributed by atoms with Gasteiger partial charge in [0, 0.05) is 12.1 Å². The highest BCUT2D eigenvalue weighted by atomic mass is 15.0. The van der Waals surface area contributed by atoms with Gasteiger partial charge in [-0.15, -0.1) is 0 Å². The zero-order valence-electron chi connectivity index (χ0n) is 14.2. The number of hydrogen-bond acceptors (Lipinski definition) is 1. The molecule has 0 radical (unpaired) electrons. The van der Waals surface area contributed by atoms with Gasteiger partial charge < -0.3 is 5.32 Å². The van der Waals surface area contributed by atoms with Crippen LogP contribution >= 0.6 is 0 Å². The van der Waals surface area contributed by atoms with Gasteiger partial charge >= 0.3 is 0 Å². The average molecular weight is 285 g/mol. The quantitative estimate of drug-likeness (QED) is 0.771. The fourth-order valence-electron chi connectivity index (χ4n) is 4.43. The maximum Gasteiger partial charge on any atom is 0.0326 e. The smallest absolute Gasteiger partial charge is 0.0326 e. The highest BCUT2D eigenvalue weighted by Gasteiger charge is 2.37. The van der Waals surface area contributed by atoms with Crippen LogP contribution in [0, 0.1) is 5.41 Å². The van der Waals surface area contributed by atoms with Gasteiger partial charge in [-0.3, -0.25) is 0 Å². The molecule has 21 heavy (non-hydrogen) atoms. The van der Waals surface area contributed by atoms with Crippen molar-refractivity contribution in [2.45, 2.75) is 83.7 Å². The van der Waals surface area contributed by atoms with E-state index < -0.39 is 0 Å². The second-order valence-corrected chi connectivity index (χ2v) is 8.52. The Balaban J connectivity index is 1.84. The standard InChI is InChI=1S/C20H31N/c1-19(2)14-12-17(15-9-5-6-10-16(15)19)21-18-11-7-8-13-20(18,3)4/h5-6,9-10,17-18,21H,7-8,11-14H2,1-4H3. The van der Waals surface area contributed by atoms with Crippen LogP contribution in [-0.4, -0.2) is 6.04 Å². The molecule has 0 spiro atoms. The van der Waals surface area contributed by atoms with E-state index in [2.05, 4.69) is 57.3 Å². The van der Waals surface area contributed by atoms with E-state index in [1.54, 1.807) is 11.1 Å². The van der Waals surface area contributed by atoms with Gasteiger partial charge in [-0.1, -0.05) is 64.8 Å². The first-order valence-corrected chi connectivity index (χ1v) is 8.76. The molecule has 0 saturated heterocycles. The topological polar surface area (TPSA) is 12.0 Å². The zero-order valence-corrected chi connectivity index (χ0v) is 14.2. The number of hydrogen-bond donors (Lipinski definition) is 1. The molecule has 116 valence electrons. The molecule has 1 N–H and O–H groups in total. The Morgan fingerprint density at radius 3 is 2.48 bits per heavy atom. The fraction of sp³-hybridized carbons (Fsp3) is 0.700. The molecule has 2 unspecified atom stereocenters. The number of fused-ring (bicyclic) bond motifs is 1. The normalized spacial score (nSPS) is 30.7. The van der Waals surface area contributed by atoms with Crippen LogP contribution in [0.25, 0.3) is 0 Å². The molecule has 1 heteroatoms. The van der Waals surface area contributed by atoms with Gasteiger partial charge in [-0.25, -0.2) is 0 Å². The molecule has 1 aromatic rings. The summed E-state index contributed by atoms with van der Waals surface area (Å²) in [6.45, 7) is 9.68. The molecular formula is C20H31N. The molecule has 0 heterocycles. The van der Waals surface area contributed by atoms with Crippen molar-refractivity contribution in [3.8, 4) is 0 Å². The molecule has 0 amide bonds. The Bertz CT molecular complexity index is 500. The van der Waals surface area contributed by atoms with E-state index in [1.807, 2.05) is 0 Å². The Morgan fingerprint density at radius 1 is 0.952 bits per heavy atom. The lowest BCUT2D eigenvalue weighted by atomic mass is 9.69. The van der Waals surface area contributed by atoms with Crippen LogP contribution in [0.2, 0.25) is 0 Å².